The Morgan fingerprint density at radius 2 is 1.55 bits per heavy atom. The number of nitrogens with one attached hydrogen (secondary N) is 2. The van der Waals surface area contributed by atoms with E-state index >= 15 is 0 Å². The van der Waals surface area contributed by atoms with Gasteiger partial charge in [0.15, 0.2) is 5.78 Å². The third-order valence-corrected chi connectivity index (χ3v) is 5.01. The van der Waals surface area contributed by atoms with E-state index in [0.717, 1.165) is 5.69 Å². The molecule has 2 N–H and O–H groups in total. The molecule has 0 aliphatic heterocycles. The molecule has 1 heterocycles. The minimum absolute atomic E-state index is 0.0149. The fourth-order valence-corrected chi connectivity index (χ4v) is 3.57. The number of halogens is 2. The van der Waals surface area contributed by atoms with Gasteiger partial charge in [-0.3, -0.25) is 4.79 Å². The summed E-state index contributed by atoms with van der Waals surface area (Å²) in [6, 6.07) is 13.1. The molecule has 0 amide bonds. The maximum Gasteiger partial charge on any atom is 0.229 e. The lowest BCUT2D eigenvalue weighted by molar-refractivity contribution is 0.0911. The topological polar surface area (TPSA) is 66.9 Å². The number of aromatic nitrogens is 2. The summed E-state index contributed by atoms with van der Waals surface area (Å²) in [5.74, 6) is 0.486. The standard InChI is InChI=1S/C22H20ClFN4O/c1-22(2)11-17-19(18(29)12-22)20(25-15-7-3-13(23)4-8-15)28-21(27-17)26-16-9-5-14(24)6-10-16/h3-10H,11-12H2,1-2H3,(H2,25,26,27,28). The first-order chi connectivity index (χ1) is 13.8. The molecule has 1 aliphatic carbocycles. The Morgan fingerprint density at radius 1 is 0.931 bits per heavy atom. The summed E-state index contributed by atoms with van der Waals surface area (Å²) < 4.78 is 13.2. The molecule has 0 spiro atoms. The highest BCUT2D eigenvalue weighted by Crippen LogP contribution is 2.37. The van der Waals surface area contributed by atoms with Crippen molar-refractivity contribution in [2.24, 2.45) is 5.41 Å². The fourth-order valence-electron chi connectivity index (χ4n) is 3.45. The number of carbonyl (C=O) groups is 1. The Bertz CT molecular complexity index is 1070. The summed E-state index contributed by atoms with van der Waals surface area (Å²) >= 11 is 5.97. The number of ketones is 1. The van der Waals surface area contributed by atoms with Gasteiger partial charge in [0.2, 0.25) is 5.95 Å². The molecule has 0 saturated heterocycles. The molecule has 0 bridgehead atoms. The molecule has 0 fully saturated rings. The molecule has 148 valence electrons. The van der Waals surface area contributed by atoms with E-state index < -0.39 is 0 Å². The van der Waals surface area contributed by atoms with E-state index in [1.54, 1.807) is 24.3 Å². The molecule has 0 saturated carbocycles. The third kappa shape index (κ3) is 4.38. The Morgan fingerprint density at radius 3 is 2.24 bits per heavy atom. The van der Waals surface area contributed by atoms with Crippen LogP contribution in [0.1, 0.15) is 36.3 Å². The molecule has 7 heteroatoms. The number of fused-ring (bicyclic) bond motifs is 1. The molecule has 0 radical (unpaired) electrons. The smallest absolute Gasteiger partial charge is 0.229 e. The number of nitrogens with zero attached hydrogens (tertiary/aromatic N) is 2. The van der Waals surface area contributed by atoms with Crippen LogP contribution in [-0.2, 0) is 6.42 Å². The largest absolute Gasteiger partial charge is 0.339 e. The Kier molecular flexibility index (Phi) is 4.96. The van der Waals surface area contributed by atoms with Crippen LogP contribution in [-0.4, -0.2) is 15.8 Å². The van der Waals surface area contributed by atoms with Crippen LogP contribution in [0.25, 0.3) is 0 Å². The van der Waals surface area contributed by atoms with Crippen molar-refractivity contribution in [3.63, 3.8) is 0 Å². The Balaban J connectivity index is 1.75. The summed E-state index contributed by atoms with van der Waals surface area (Å²) in [5.41, 5.74) is 2.46. The van der Waals surface area contributed by atoms with Crippen LogP contribution in [0, 0.1) is 11.2 Å². The Labute approximate surface area is 173 Å². The lowest BCUT2D eigenvalue weighted by Gasteiger charge is -2.30. The van der Waals surface area contributed by atoms with Crippen molar-refractivity contribution in [1.82, 2.24) is 9.97 Å². The van der Waals surface area contributed by atoms with Gasteiger partial charge in [-0.25, -0.2) is 9.37 Å². The monoisotopic (exact) mass is 410 g/mol. The summed E-state index contributed by atoms with van der Waals surface area (Å²) in [7, 11) is 0. The second-order valence-electron chi connectivity index (χ2n) is 7.92. The molecule has 29 heavy (non-hydrogen) atoms. The van der Waals surface area contributed by atoms with Gasteiger partial charge in [-0.2, -0.15) is 4.98 Å². The zero-order valence-electron chi connectivity index (χ0n) is 16.1. The van der Waals surface area contributed by atoms with Gasteiger partial charge in [-0.1, -0.05) is 25.4 Å². The highest BCUT2D eigenvalue weighted by molar-refractivity contribution is 6.30. The lowest BCUT2D eigenvalue weighted by Crippen LogP contribution is -2.29. The molecule has 5 nitrogen and oxygen atoms in total. The summed E-state index contributed by atoms with van der Waals surface area (Å²) in [6.07, 6.45) is 1.09. The number of anilines is 4. The molecule has 3 aromatic rings. The van der Waals surface area contributed by atoms with Crippen molar-refractivity contribution >= 4 is 40.5 Å². The first kappa shape index (κ1) is 19.3. The number of carbonyl (C=O) groups excluding carboxylic acids is 1. The third-order valence-electron chi connectivity index (χ3n) is 4.76. The quantitative estimate of drug-likeness (QED) is 0.559. The van der Waals surface area contributed by atoms with E-state index in [2.05, 4.69) is 34.4 Å². The SMILES string of the molecule is CC1(C)CC(=O)c2c(nc(Nc3ccc(F)cc3)nc2Nc2ccc(Cl)cc2)C1. The van der Waals surface area contributed by atoms with Crippen LogP contribution in [0.3, 0.4) is 0 Å². The van der Waals surface area contributed by atoms with E-state index in [9.17, 15) is 9.18 Å². The number of hydrogen-bond donors (Lipinski definition) is 2. The van der Waals surface area contributed by atoms with Crippen LogP contribution in [0.15, 0.2) is 48.5 Å². The average molecular weight is 411 g/mol. The average Bonchev–Trinajstić information content (AvgIpc) is 2.64. The predicted octanol–water partition coefficient (Wildman–Crippen LogP) is 5.91. The highest BCUT2D eigenvalue weighted by Gasteiger charge is 2.35. The van der Waals surface area contributed by atoms with Gasteiger partial charge in [0, 0.05) is 22.8 Å². The normalized spacial score (nSPS) is 15.0. The molecule has 1 aliphatic rings. The molecular formula is C22H20ClFN4O. The zero-order valence-corrected chi connectivity index (χ0v) is 16.8. The van der Waals surface area contributed by atoms with Gasteiger partial charge in [0.1, 0.15) is 11.6 Å². The van der Waals surface area contributed by atoms with Crippen LogP contribution in [0.4, 0.5) is 27.5 Å². The molecular weight excluding hydrogens is 391 g/mol. The highest BCUT2D eigenvalue weighted by atomic mass is 35.5. The second kappa shape index (κ2) is 7.44. The molecule has 1 aromatic heterocycles. The number of Topliss-reactive ketones (excluding diaryl/α,β-unsaturated/α-hetero) is 1. The fraction of sp³-hybridized carbons (Fsp3) is 0.227. The van der Waals surface area contributed by atoms with Crippen molar-refractivity contribution in [1.29, 1.82) is 0 Å². The molecule has 0 unspecified atom stereocenters. The summed E-state index contributed by atoms with van der Waals surface area (Å²) in [4.78, 5) is 22.0. The van der Waals surface area contributed by atoms with Gasteiger partial charge in [-0.05, 0) is 60.4 Å². The second-order valence-corrected chi connectivity index (χ2v) is 8.36. The van der Waals surface area contributed by atoms with E-state index in [1.165, 1.54) is 12.1 Å². The molecule has 4 rings (SSSR count). The first-order valence-electron chi connectivity index (χ1n) is 9.28. The van der Waals surface area contributed by atoms with Crippen molar-refractivity contribution in [2.75, 3.05) is 10.6 Å². The van der Waals surface area contributed by atoms with Crippen LogP contribution in [0.2, 0.25) is 5.02 Å². The van der Waals surface area contributed by atoms with Gasteiger partial charge in [0.05, 0.1) is 11.3 Å². The van der Waals surface area contributed by atoms with E-state index in [4.69, 9.17) is 11.6 Å². The Hall–Kier alpha value is -2.99. The maximum absolute atomic E-state index is 13.2. The maximum atomic E-state index is 13.2. The summed E-state index contributed by atoms with van der Waals surface area (Å²) in [6.45, 7) is 4.10. The van der Waals surface area contributed by atoms with Crippen molar-refractivity contribution in [3.05, 3.63) is 70.6 Å². The van der Waals surface area contributed by atoms with Gasteiger partial charge in [0.25, 0.3) is 0 Å². The van der Waals surface area contributed by atoms with Crippen molar-refractivity contribution in [3.8, 4) is 0 Å². The number of rotatable bonds is 4. The van der Waals surface area contributed by atoms with Crippen molar-refractivity contribution < 1.29 is 9.18 Å². The van der Waals surface area contributed by atoms with E-state index in [1.807, 2.05) is 12.1 Å². The minimum atomic E-state index is -0.320. The summed E-state index contributed by atoms with van der Waals surface area (Å²) in [5, 5.41) is 6.94. The molecule has 2 aromatic carbocycles. The zero-order chi connectivity index (χ0) is 20.6. The predicted molar refractivity (Wildman–Crippen MR) is 113 cm³/mol. The number of benzene rings is 2. The van der Waals surface area contributed by atoms with Crippen LogP contribution < -0.4 is 10.6 Å². The van der Waals surface area contributed by atoms with Crippen LogP contribution in [0.5, 0.6) is 0 Å². The number of hydrogen-bond acceptors (Lipinski definition) is 5. The minimum Gasteiger partial charge on any atom is -0.339 e. The van der Waals surface area contributed by atoms with Crippen molar-refractivity contribution in [2.45, 2.75) is 26.7 Å². The van der Waals surface area contributed by atoms with Gasteiger partial charge in [-0.15, -0.1) is 0 Å². The van der Waals surface area contributed by atoms with Crippen LogP contribution >= 0.6 is 11.6 Å². The molecule has 0 atom stereocenters. The van der Waals surface area contributed by atoms with E-state index in [0.29, 0.717) is 46.6 Å². The van der Waals surface area contributed by atoms with E-state index in [-0.39, 0.29) is 17.0 Å². The van der Waals surface area contributed by atoms with Gasteiger partial charge < -0.3 is 10.6 Å². The van der Waals surface area contributed by atoms with Gasteiger partial charge >= 0.3 is 0 Å². The first-order valence-corrected chi connectivity index (χ1v) is 9.66. The lowest BCUT2D eigenvalue weighted by atomic mass is 9.75.